The van der Waals surface area contributed by atoms with Gasteiger partial charge in [-0.15, -0.1) is 0 Å². The van der Waals surface area contributed by atoms with Gasteiger partial charge in [0.25, 0.3) is 0 Å². The van der Waals surface area contributed by atoms with Crippen LogP contribution in [-0.4, -0.2) is 48.6 Å². The third-order valence-corrected chi connectivity index (χ3v) is 3.07. The number of nitrogens with zero attached hydrogens (tertiary/aromatic N) is 1. The van der Waals surface area contributed by atoms with E-state index in [1.807, 2.05) is 20.8 Å². The molecule has 0 aliphatic carbocycles. The monoisotopic (exact) mass is 255 g/mol. The van der Waals surface area contributed by atoms with Gasteiger partial charge in [0.15, 0.2) is 0 Å². The SMILES string of the molecule is CCCNC1CCCN(CC(=O)NC(C)(C)C)C1. The van der Waals surface area contributed by atoms with Gasteiger partial charge in [0.2, 0.25) is 5.91 Å². The van der Waals surface area contributed by atoms with E-state index in [2.05, 4.69) is 22.5 Å². The minimum absolute atomic E-state index is 0.132. The van der Waals surface area contributed by atoms with E-state index in [0.29, 0.717) is 12.6 Å². The van der Waals surface area contributed by atoms with Crippen LogP contribution in [-0.2, 0) is 4.79 Å². The third kappa shape index (κ3) is 6.36. The van der Waals surface area contributed by atoms with Crippen LogP contribution in [0.5, 0.6) is 0 Å². The van der Waals surface area contributed by atoms with E-state index in [1.165, 1.54) is 19.3 Å². The maximum atomic E-state index is 11.9. The molecule has 1 aliphatic heterocycles. The molecule has 0 saturated carbocycles. The quantitative estimate of drug-likeness (QED) is 0.780. The molecule has 1 unspecified atom stereocenters. The van der Waals surface area contributed by atoms with Crippen LogP contribution in [0.4, 0.5) is 0 Å². The standard InChI is InChI=1S/C14H29N3O/c1-5-8-15-12-7-6-9-17(10-12)11-13(18)16-14(2,3)4/h12,15H,5-11H2,1-4H3,(H,16,18). The lowest BCUT2D eigenvalue weighted by Crippen LogP contribution is -2.51. The van der Waals surface area contributed by atoms with Crippen molar-refractivity contribution in [3.05, 3.63) is 0 Å². The molecular formula is C14H29N3O. The van der Waals surface area contributed by atoms with Crippen molar-refractivity contribution in [2.75, 3.05) is 26.2 Å². The number of hydrogen-bond donors (Lipinski definition) is 2. The average Bonchev–Trinajstić information content (AvgIpc) is 2.24. The summed E-state index contributed by atoms with van der Waals surface area (Å²) in [4.78, 5) is 14.1. The Labute approximate surface area is 111 Å². The van der Waals surface area contributed by atoms with Crippen LogP contribution in [0.1, 0.15) is 47.0 Å². The van der Waals surface area contributed by atoms with Crippen molar-refractivity contribution in [2.45, 2.75) is 58.5 Å². The highest BCUT2D eigenvalue weighted by atomic mass is 16.2. The molecule has 0 spiro atoms. The molecule has 1 atom stereocenters. The van der Waals surface area contributed by atoms with Crippen molar-refractivity contribution in [1.82, 2.24) is 15.5 Å². The second-order valence-corrected chi connectivity index (χ2v) is 6.33. The lowest BCUT2D eigenvalue weighted by molar-refractivity contribution is -0.123. The fourth-order valence-electron chi connectivity index (χ4n) is 2.38. The summed E-state index contributed by atoms with van der Waals surface area (Å²) in [5, 5.41) is 6.57. The highest BCUT2D eigenvalue weighted by Gasteiger charge is 2.22. The molecule has 1 fully saturated rings. The number of hydrogen-bond acceptors (Lipinski definition) is 3. The van der Waals surface area contributed by atoms with Crippen LogP contribution in [0.15, 0.2) is 0 Å². The molecule has 1 aliphatic rings. The second-order valence-electron chi connectivity index (χ2n) is 6.33. The Morgan fingerprint density at radius 3 is 2.72 bits per heavy atom. The fraction of sp³-hybridized carbons (Fsp3) is 0.929. The first-order chi connectivity index (χ1) is 8.40. The summed E-state index contributed by atoms with van der Waals surface area (Å²) in [6.07, 6.45) is 3.59. The summed E-state index contributed by atoms with van der Waals surface area (Å²) in [6.45, 7) is 11.9. The zero-order valence-corrected chi connectivity index (χ0v) is 12.4. The van der Waals surface area contributed by atoms with Crippen molar-refractivity contribution >= 4 is 5.91 Å². The normalized spacial score (nSPS) is 21.9. The van der Waals surface area contributed by atoms with E-state index in [0.717, 1.165) is 19.6 Å². The zero-order chi connectivity index (χ0) is 13.6. The molecule has 1 heterocycles. The summed E-state index contributed by atoms with van der Waals surface area (Å²) < 4.78 is 0. The number of piperidine rings is 1. The van der Waals surface area contributed by atoms with Gasteiger partial charge < -0.3 is 10.6 Å². The molecule has 0 bridgehead atoms. The van der Waals surface area contributed by atoms with Crippen molar-refractivity contribution in [2.24, 2.45) is 0 Å². The summed E-state index contributed by atoms with van der Waals surface area (Å²) in [6, 6.07) is 0.557. The minimum atomic E-state index is -0.132. The average molecular weight is 255 g/mol. The lowest BCUT2D eigenvalue weighted by atomic mass is 10.1. The highest BCUT2D eigenvalue weighted by Crippen LogP contribution is 2.10. The number of nitrogens with one attached hydrogen (secondary N) is 2. The Morgan fingerprint density at radius 2 is 2.11 bits per heavy atom. The van der Waals surface area contributed by atoms with Gasteiger partial charge in [-0.2, -0.15) is 0 Å². The maximum absolute atomic E-state index is 11.9. The predicted molar refractivity (Wildman–Crippen MR) is 75.7 cm³/mol. The Balaban J connectivity index is 2.31. The van der Waals surface area contributed by atoms with Gasteiger partial charge in [-0.3, -0.25) is 9.69 Å². The number of carbonyl (C=O) groups is 1. The molecule has 1 saturated heterocycles. The van der Waals surface area contributed by atoms with Crippen molar-refractivity contribution in [3.8, 4) is 0 Å². The first kappa shape index (κ1) is 15.4. The summed E-state index contributed by atoms with van der Waals surface area (Å²) >= 11 is 0. The zero-order valence-electron chi connectivity index (χ0n) is 12.4. The van der Waals surface area contributed by atoms with E-state index < -0.39 is 0 Å². The van der Waals surface area contributed by atoms with Crippen molar-refractivity contribution < 1.29 is 4.79 Å². The van der Waals surface area contributed by atoms with Gasteiger partial charge in [0.05, 0.1) is 6.54 Å². The van der Waals surface area contributed by atoms with Gasteiger partial charge in [0.1, 0.15) is 0 Å². The Morgan fingerprint density at radius 1 is 1.39 bits per heavy atom. The summed E-state index contributed by atoms with van der Waals surface area (Å²) in [7, 11) is 0. The molecule has 2 N–H and O–H groups in total. The lowest BCUT2D eigenvalue weighted by Gasteiger charge is -2.33. The second kappa shape index (κ2) is 7.10. The Kier molecular flexibility index (Phi) is 6.09. The van der Waals surface area contributed by atoms with Crippen LogP contribution in [0.25, 0.3) is 0 Å². The van der Waals surface area contributed by atoms with Crippen molar-refractivity contribution in [3.63, 3.8) is 0 Å². The first-order valence-electron chi connectivity index (χ1n) is 7.17. The van der Waals surface area contributed by atoms with E-state index in [1.54, 1.807) is 0 Å². The van der Waals surface area contributed by atoms with Gasteiger partial charge in [-0.25, -0.2) is 0 Å². The van der Waals surface area contributed by atoms with Crippen LogP contribution in [0, 0.1) is 0 Å². The Bertz CT molecular complexity index is 260. The fourth-order valence-corrected chi connectivity index (χ4v) is 2.38. The van der Waals surface area contributed by atoms with Crippen LogP contribution < -0.4 is 10.6 Å². The van der Waals surface area contributed by atoms with Gasteiger partial charge in [-0.1, -0.05) is 6.92 Å². The Hall–Kier alpha value is -0.610. The molecule has 0 aromatic rings. The third-order valence-electron chi connectivity index (χ3n) is 3.07. The summed E-state index contributed by atoms with van der Waals surface area (Å²) in [5.74, 6) is 0.138. The van der Waals surface area contributed by atoms with Gasteiger partial charge in [0, 0.05) is 18.1 Å². The minimum Gasteiger partial charge on any atom is -0.350 e. The first-order valence-corrected chi connectivity index (χ1v) is 7.17. The van der Waals surface area contributed by atoms with Crippen molar-refractivity contribution in [1.29, 1.82) is 0 Å². The van der Waals surface area contributed by atoms with E-state index in [4.69, 9.17) is 0 Å². The van der Waals surface area contributed by atoms with E-state index in [9.17, 15) is 4.79 Å². The molecule has 4 heteroatoms. The van der Waals surface area contributed by atoms with E-state index >= 15 is 0 Å². The topological polar surface area (TPSA) is 44.4 Å². The van der Waals surface area contributed by atoms with Gasteiger partial charge in [-0.05, 0) is 53.1 Å². The summed E-state index contributed by atoms with van der Waals surface area (Å²) in [5.41, 5.74) is -0.132. The molecule has 4 nitrogen and oxygen atoms in total. The highest BCUT2D eigenvalue weighted by molar-refractivity contribution is 5.78. The van der Waals surface area contributed by atoms with Crippen LogP contribution in [0.3, 0.4) is 0 Å². The number of carbonyl (C=O) groups excluding carboxylic acids is 1. The molecule has 0 aromatic carbocycles. The largest absolute Gasteiger partial charge is 0.350 e. The number of likely N-dealkylation sites (tertiary alicyclic amines) is 1. The molecule has 1 rings (SSSR count). The molecule has 0 radical (unpaired) electrons. The maximum Gasteiger partial charge on any atom is 0.234 e. The molecule has 1 amide bonds. The smallest absolute Gasteiger partial charge is 0.234 e. The molecular weight excluding hydrogens is 226 g/mol. The molecule has 0 aromatic heterocycles. The van der Waals surface area contributed by atoms with Crippen LogP contribution >= 0.6 is 0 Å². The number of amides is 1. The van der Waals surface area contributed by atoms with E-state index in [-0.39, 0.29) is 11.4 Å². The van der Waals surface area contributed by atoms with Gasteiger partial charge >= 0.3 is 0 Å². The van der Waals surface area contributed by atoms with Crippen LogP contribution in [0.2, 0.25) is 0 Å². The molecule has 18 heavy (non-hydrogen) atoms. The number of rotatable bonds is 5. The predicted octanol–water partition coefficient (Wildman–Crippen LogP) is 1.37. The molecule has 106 valence electrons.